The van der Waals surface area contributed by atoms with Crippen molar-refractivity contribution in [3.05, 3.63) is 35.4 Å². The average Bonchev–Trinajstić information content (AvgIpc) is 2.90. The Labute approximate surface area is 213 Å². The normalized spacial score (nSPS) is 31.4. The number of hydrogen-bond donors (Lipinski definition) is 0. The van der Waals surface area contributed by atoms with Crippen molar-refractivity contribution in [3.63, 3.8) is 0 Å². The fourth-order valence-corrected chi connectivity index (χ4v) is 6.97. The molecule has 0 radical (unpaired) electrons. The summed E-state index contributed by atoms with van der Waals surface area (Å²) in [7, 11) is 0. The highest BCUT2D eigenvalue weighted by atomic mass is 19.2. The average molecular weight is 511 g/mol. The summed E-state index contributed by atoms with van der Waals surface area (Å²) < 4.78 is 69.5. The van der Waals surface area contributed by atoms with Crippen LogP contribution in [0, 0.1) is 47.1 Å². The molecule has 0 aromatic heterocycles. The minimum atomic E-state index is -1.02. The van der Waals surface area contributed by atoms with Gasteiger partial charge in [0.25, 0.3) is 0 Å². The number of fused-ring (bicyclic) bond motifs is 1. The lowest BCUT2D eigenvalue weighted by Crippen LogP contribution is -2.33. The van der Waals surface area contributed by atoms with E-state index in [2.05, 4.69) is 6.92 Å². The van der Waals surface area contributed by atoms with Crippen LogP contribution in [0.25, 0.3) is 0 Å². The van der Waals surface area contributed by atoms with E-state index in [9.17, 15) is 8.78 Å². The number of benzene rings is 1. The number of rotatable bonds is 9. The molecule has 3 saturated carbocycles. The Bertz CT molecular complexity index is 893. The molecule has 1 aromatic carbocycles. The fraction of sp³-hybridized carbons (Fsp3) is 0.733. The summed E-state index contributed by atoms with van der Waals surface area (Å²) in [6, 6.07) is 2.81. The van der Waals surface area contributed by atoms with Gasteiger partial charge in [-0.05, 0) is 107 Å². The first kappa shape index (κ1) is 27.3. The lowest BCUT2D eigenvalue weighted by Gasteiger charge is -2.42. The molecule has 3 fully saturated rings. The van der Waals surface area contributed by atoms with Crippen LogP contribution in [-0.4, -0.2) is 13.2 Å². The van der Waals surface area contributed by atoms with E-state index >= 15 is 8.78 Å². The van der Waals surface area contributed by atoms with E-state index in [1.54, 1.807) is 6.92 Å². The molecule has 3 aliphatic rings. The van der Waals surface area contributed by atoms with Gasteiger partial charge in [-0.1, -0.05) is 19.8 Å². The first-order valence-electron chi connectivity index (χ1n) is 14.2. The standard InChI is InChI=1S/C30H42F4O2/c1-3-5-19-6-9-21(10-7-19)27(31)28(32)24-13-12-22-16-20(8-11-23(22)17-24)18-36-26-15-14-25(35-4-2)29(33)30(26)34/h14-15,19-24H,3-13,16-18H2,1-2H3/b28-27+. The number of hydrogen-bond acceptors (Lipinski definition) is 2. The number of ether oxygens (including phenoxy) is 2. The summed E-state index contributed by atoms with van der Waals surface area (Å²) in [6.45, 7) is 4.49. The van der Waals surface area contributed by atoms with Crippen LogP contribution in [0.3, 0.4) is 0 Å². The van der Waals surface area contributed by atoms with Crippen molar-refractivity contribution >= 4 is 0 Å². The molecular weight excluding hydrogens is 468 g/mol. The molecule has 4 atom stereocenters. The second-order valence-electron chi connectivity index (χ2n) is 11.3. The zero-order valence-corrected chi connectivity index (χ0v) is 21.8. The predicted molar refractivity (Wildman–Crippen MR) is 134 cm³/mol. The van der Waals surface area contributed by atoms with E-state index < -0.39 is 23.3 Å². The molecule has 4 rings (SSSR count). The Morgan fingerprint density at radius 3 is 1.94 bits per heavy atom. The molecule has 1 aromatic rings. The third kappa shape index (κ3) is 6.39. The zero-order valence-electron chi connectivity index (χ0n) is 21.8. The van der Waals surface area contributed by atoms with E-state index in [4.69, 9.17) is 9.47 Å². The van der Waals surface area contributed by atoms with Crippen LogP contribution >= 0.6 is 0 Å². The summed E-state index contributed by atoms with van der Waals surface area (Å²) >= 11 is 0. The van der Waals surface area contributed by atoms with Gasteiger partial charge < -0.3 is 9.47 Å². The van der Waals surface area contributed by atoms with Gasteiger partial charge in [-0.2, -0.15) is 8.78 Å². The van der Waals surface area contributed by atoms with Crippen molar-refractivity contribution in [2.24, 2.45) is 35.5 Å². The molecule has 0 spiro atoms. The third-order valence-electron chi connectivity index (χ3n) is 9.00. The Kier molecular flexibility index (Phi) is 9.63. The van der Waals surface area contributed by atoms with Crippen molar-refractivity contribution in [2.75, 3.05) is 13.2 Å². The molecule has 6 heteroatoms. The topological polar surface area (TPSA) is 18.5 Å². The number of halogens is 4. The number of allylic oxidation sites excluding steroid dienone is 2. The van der Waals surface area contributed by atoms with Gasteiger partial charge in [0.1, 0.15) is 11.7 Å². The van der Waals surface area contributed by atoms with E-state index in [0.29, 0.717) is 30.8 Å². The van der Waals surface area contributed by atoms with Crippen LogP contribution in [0.1, 0.15) is 90.9 Å². The maximum atomic E-state index is 15.2. The van der Waals surface area contributed by atoms with Gasteiger partial charge >= 0.3 is 0 Å². The highest BCUT2D eigenvalue weighted by Gasteiger charge is 2.39. The monoisotopic (exact) mass is 510 g/mol. The third-order valence-corrected chi connectivity index (χ3v) is 9.00. The smallest absolute Gasteiger partial charge is 0.204 e. The molecular formula is C30H42F4O2. The minimum Gasteiger partial charge on any atom is -0.491 e. The summed E-state index contributed by atoms with van der Waals surface area (Å²) in [5, 5.41) is 0. The van der Waals surface area contributed by atoms with Gasteiger partial charge in [0, 0.05) is 11.8 Å². The highest BCUT2D eigenvalue weighted by molar-refractivity contribution is 5.35. The SMILES string of the molecule is CCCC1CCC(/C(F)=C(\F)C2CCC3CC(COc4ccc(OCC)c(F)c4F)CCC3C2)CC1. The van der Waals surface area contributed by atoms with Crippen LogP contribution < -0.4 is 9.47 Å². The summed E-state index contributed by atoms with van der Waals surface area (Å²) in [5.41, 5.74) is 0. The molecule has 2 nitrogen and oxygen atoms in total. The first-order valence-corrected chi connectivity index (χ1v) is 14.2. The van der Waals surface area contributed by atoms with Crippen LogP contribution in [0.4, 0.5) is 17.6 Å². The van der Waals surface area contributed by atoms with Crippen molar-refractivity contribution < 1.29 is 27.0 Å². The van der Waals surface area contributed by atoms with Gasteiger partial charge in [-0.3, -0.25) is 0 Å². The summed E-state index contributed by atoms with van der Waals surface area (Å²) in [5.74, 6) is -1.87. The summed E-state index contributed by atoms with van der Waals surface area (Å²) in [4.78, 5) is 0. The fourth-order valence-electron chi connectivity index (χ4n) is 6.97. The Morgan fingerprint density at radius 1 is 0.722 bits per heavy atom. The van der Waals surface area contributed by atoms with Crippen LogP contribution in [-0.2, 0) is 0 Å². The Hall–Kier alpha value is -1.72. The van der Waals surface area contributed by atoms with Crippen molar-refractivity contribution in [1.29, 1.82) is 0 Å². The molecule has 202 valence electrons. The second kappa shape index (κ2) is 12.7. The zero-order chi connectivity index (χ0) is 25.7. The molecule has 0 saturated heterocycles. The summed E-state index contributed by atoms with van der Waals surface area (Å²) in [6.07, 6.45) is 11.1. The maximum absolute atomic E-state index is 15.2. The molecule has 0 amide bonds. The van der Waals surface area contributed by atoms with Crippen LogP contribution in [0.2, 0.25) is 0 Å². The predicted octanol–water partition coefficient (Wildman–Crippen LogP) is 9.33. The maximum Gasteiger partial charge on any atom is 0.204 e. The lowest BCUT2D eigenvalue weighted by atomic mass is 9.64. The van der Waals surface area contributed by atoms with Gasteiger partial charge in [-0.15, -0.1) is 0 Å². The van der Waals surface area contributed by atoms with Crippen LogP contribution in [0.5, 0.6) is 11.5 Å². The molecule has 0 aliphatic heterocycles. The quantitative estimate of drug-likeness (QED) is 0.308. The van der Waals surface area contributed by atoms with Gasteiger partial charge in [0.2, 0.25) is 11.6 Å². The highest BCUT2D eigenvalue weighted by Crippen LogP contribution is 2.48. The largest absolute Gasteiger partial charge is 0.491 e. The van der Waals surface area contributed by atoms with E-state index in [0.717, 1.165) is 64.2 Å². The molecule has 36 heavy (non-hydrogen) atoms. The van der Waals surface area contributed by atoms with Crippen molar-refractivity contribution in [2.45, 2.75) is 90.9 Å². The molecule has 4 unspecified atom stereocenters. The second-order valence-corrected chi connectivity index (χ2v) is 11.3. The Morgan fingerprint density at radius 2 is 1.28 bits per heavy atom. The Balaban J connectivity index is 1.27. The van der Waals surface area contributed by atoms with E-state index in [-0.39, 0.29) is 35.9 Å². The first-order chi connectivity index (χ1) is 17.4. The van der Waals surface area contributed by atoms with Gasteiger partial charge in [0.05, 0.1) is 13.2 Å². The van der Waals surface area contributed by atoms with E-state index in [1.807, 2.05) is 0 Å². The van der Waals surface area contributed by atoms with Gasteiger partial charge in [0.15, 0.2) is 11.5 Å². The van der Waals surface area contributed by atoms with E-state index in [1.165, 1.54) is 18.6 Å². The molecule has 0 heterocycles. The van der Waals surface area contributed by atoms with Crippen molar-refractivity contribution in [1.82, 2.24) is 0 Å². The lowest BCUT2D eigenvalue weighted by molar-refractivity contribution is 0.0772. The molecule has 0 N–H and O–H groups in total. The minimum absolute atomic E-state index is 0.0896. The molecule has 3 aliphatic carbocycles. The van der Waals surface area contributed by atoms with Crippen molar-refractivity contribution in [3.8, 4) is 11.5 Å². The van der Waals surface area contributed by atoms with Crippen LogP contribution in [0.15, 0.2) is 23.8 Å². The van der Waals surface area contributed by atoms with Gasteiger partial charge in [-0.25, -0.2) is 8.78 Å². The molecule has 0 bridgehead atoms.